The number of para-hydroxylation sites is 2. The van der Waals surface area contributed by atoms with E-state index in [2.05, 4.69) is 30.8 Å². The first kappa shape index (κ1) is 16.7. The van der Waals surface area contributed by atoms with Gasteiger partial charge in [0, 0.05) is 0 Å². The van der Waals surface area contributed by atoms with E-state index in [1.807, 2.05) is 48.5 Å². The van der Waals surface area contributed by atoms with Gasteiger partial charge in [0.2, 0.25) is 0 Å². The zero-order valence-electron chi connectivity index (χ0n) is 11.6. The van der Waals surface area contributed by atoms with Crippen LogP contribution in [-0.2, 0) is 4.57 Å². The predicted octanol–water partition coefficient (Wildman–Crippen LogP) is 0.987. The maximum Gasteiger partial charge on any atom is 0.466 e. The Balaban J connectivity index is 0.000000132. The van der Waals surface area contributed by atoms with Crippen molar-refractivity contribution in [3.05, 3.63) is 48.5 Å². The number of aromatic nitrogens is 6. The summed E-state index contributed by atoms with van der Waals surface area (Å²) in [6.45, 7) is 0. The van der Waals surface area contributed by atoms with Crippen molar-refractivity contribution in [2.75, 3.05) is 0 Å². The third-order valence-electron chi connectivity index (χ3n) is 2.46. The second kappa shape index (κ2) is 7.56. The molecule has 0 amide bonds. The number of rotatable bonds is 0. The van der Waals surface area contributed by atoms with E-state index in [0.29, 0.717) is 0 Å². The first-order valence-electron chi connectivity index (χ1n) is 6.23. The molecule has 0 atom stereocenters. The van der Waals surface area contributed by atoms with Crippen LogP contribution in [0, 0.1) is 0 Å². The molecule has 0 saturated heterocycles. The largest absolute Gasteiger partial charge is 0.466 e. The van der Waals surface area contributed by atoms with E-state index in [0.717, 1.165) is 22.1 Å². The summed E-state index contributed by atoms with van der Waals surface area (Å²) in [6, 6.07) is 15.5. The molecule has 2 heterocycles. The van der Waals surface area contributed by atoms with Gasteiger partial charge in [-0.05, 0) is 24.3 Å². The third kappa shape index (κ3) is 5.93. The Hall–Kier alpha value is -2.65. The molecule has 0 aliphatic heterocycles. The molecule has 4 rings (SSSR count). The smallest absolute Gasteiger partial charge is 0.303 e. The van der Waals surface area contributed by atoms with E-state index in [9.17, 15) is 0 Å². The molecule has 0 aliphatic rings. The van der Waals surface area contributed by atoms with Gasteiger partial charge >= 0.3 is 7.82 Å². The molecule has 0 unspecified atom stereocenters. The van der Waals surface area contributed by atoms with E-state index in [-0.39, 0.29) is 0 Å². The minimum atomic E-state index is -4.64. The number of aromatic amines is 2. The topological polar surface area (TPSA) is 161 Å². The van der Waals surface area contributed by atoms with Gasteiger partial charge in [0.05, 0.1) is 11.0 Å². The van der Waals surface area contributed by atoms with Crippen LogP contribution in [0.3, 0.4) is 0 Å². The third-order valence-corrected chi connectivity index (χ3v) is 2.46. The van der Waals surface area contributed by atoms with Crippen LogP contribution in [0.15, 0.2) is 48.5 Å². The van der Waals surface area contributed by atoms with Gasteiger partial charge in [-0.15, -0.1) is 10.2 Å². The van der Waals surface area contributed by atoms with Crippen molar-refractivity contribution >= 4 is 29.9 Å². The van der Waals surface area contributed by atoms with E-state index < -0.39 is 7.82 Å². The molecular formula is C12H13N6O4P. The fourth-order valence-electron chi connectivity index (χ4n) is 1.58. The summed E-state index contributed by atoms with van der Waals surface area (Å²) in [6.07, 6.45) is 0. The van der Waals surface area contributed by atoms with Gasteiger partial charge in [-0.25, -0.2) is 4.57 Å². The lowest BCUT2D eigenvalue weighted by atomic mass is 10.3. The number of nitrogens with one attached hydrogen (secondary N) is 2. The van der Waals surface area contributed by atoms with Crippen molar-refractivity contribution < 1.29 is 19.2 Å². The highest BCUT2D eigenvalue weighted by molar-refractivity contribution is 7.45. The van der Waals surface area contributed by atoms with Crippen LogP contribution in [0.1, 0.15) is 0 Å². The molecule has 11 heteroatoms. The second-order valence-electron chi connectivity index (χ2n) is 4.17. The van der Waals surface area contributed by atoms with Crippen LogP contribution < -0.4 is 0 Å². The Morgan fingerprint density at radius 2 is 1.09 bits per heavy atom. The van der Waals surface area contributed by atoms with Crippen molar-refractivity contribution in [3.63, 3.8) is 0 Å². The Kier molecular flexibility index (Phi) is 5.50. The van der Waals surface area contributed by atoms with Gasteiger partial charge in [0.1, 0.15) is 11.0 Å². The monoisotopic (exact) mass is 336 g/mol. The average Bonchev–Trinajstić information content (AvgIpc) is 3.15. The van der Waals surface area contributed by atoms with Crippen molar-refractivity contribution in [2.24, 2.45) is 0 Å². The quantitative estimate of drug-likeness (QED) is 0.297. The van der Waals surface area contributed by atoms with Crippen molar-refractivity contribution in [1.29, 1.82) is 0 Å². The summed E-state index contributed by atoms with van der Waals surface area (Å²) in [5.74, 6) is 0. The Morgan fingerprint density at radius 3 is 1.43 bits per heavy atom. The molecule has 2 aromatic carbocycles. The van der Waals surface area contributed by atoms with E-state index in [1.54, 1.807) is 0 Å². The van der Waals surface area contributed by atoms with Gasteiger partial charge in [-0.2, -0.15) is 0 Å². The van der Waals surface area contributed by atoms with Crippen LogP contribution in [-0.4, -0.2) is 45.5 Å². The number of benzene rings is 2. The number of hydrogen-bond donors (Lipinski definition) is 5. The highest BCUT2D eigenvalue weighted by Gasteiger charge is 2.00. The van der Waals surface area contributed by atoms with Crippen LogP contribution in [0.25, 0.3) is 22.1 Å². The van der Waals surface area contributed by atoms with Crippen LogP contribution in [0.4, 0.5) is 0 Å². The molecule has 120 valence electrons. The Bertz CT molecular complexity index is 783. The molecule has 0 fully saturated rings. The van der Waals surface area contributed by atoms with Crippen LogP contribution in [0.2, 0.25) is 0 Å². The van der Waals surface area contributed by atoms with Gasteiger partial charge < -0.3 is 14.7 Å². The summed E-state index contributed by atoms with van der Waals surface area (Å²) < 4.78 is 8.88. The molecule has 10 nitrogen and oxygen atoms in total. The Labute approximate surface area is 129 Å². The molecule has 0 bridgehead atoms. The molecule has 0 aliphatic carbocycles. The van der Waals surface area contributed by atoms with Crippen molar-refractivity contribution in [2.45, 2.75) is 0 Å². The highest BCUT2D eigenvalue weighted by atomic mass is 31.2. The number of hydrogen-bond acceptors (Lipinski definition) is 5. The van der Waals surface area contributed by atoms with Crippen molar-refractivity contribution in [3.8, 4) is 0 Å². The normalized spacial score (nSPS) is 10.6. The minimum absolute atomic E-state index is 0.914. The molecule has 5 N–H and O–H groups in total. The van der Waals surface area contributed by atoms with Gasteiger partial charge in [-0.3, -0.25) is 10.2 Å². The van der Waals surface area contributed by atoms with E-state index in [4.69, 9.17) is 19.2 Å². The maximum absolute atomic E-state index is 8.88. The number of phosphoric acid groups is 1. The lowest BCUT2D eigenvalue weighted by molar-refractivity contribution is 0.275. The first-order chi connectivity index (χ1) is 10.9. The SMILES string of the molecule is O=P(O)(O)O.c1ccc2[nH]nnc2c1.c1ccc2[nH]nnc2c1. The zero-order valence-corrected chi connectivity index (χ0v) is 12.5. The lowest BCUT2D eigenvalue weighted by Crippen LogP contribution is -1.66. The average molecular weight is 336 g/mol. The zero-order chi connectivity index (χ0) is 16.7. The Morgan fingerprint density at radius 1 is 0.739 bits per heavy atom. The van der Waals surface area contributed by atoms with Gasteiger partial charge in [0.15, 0.2) is 0 Å². The van der Waals surface area contributed by atoms with Crippen LogP contribution >= 0.6 is 7.82 Å². The maximum atomic E-state index is 8.88. The molecule has 2 aromatic heterocycles. The number of fused-ring (bicyclic) bond motifs is 2. The fraction of sp³-hybridized carbons (Fsp3) is 0. The van der Waals surface area contributed by atoms with Crippen molar-refractivity contribution in [1.82, 2.24) is 30.8 Å². The number of H-pyrrole nitrogens is 2. The molecule has 4 aromatic rings. The number of nitrogens with zero attached hydrogens (tertiary/aromatic N) is 4. The summed E-state index contributed by atoms with van der Waals surface area (Å²) in [5.41, 5.74) is 3.80. The van der Waals surface area contributed by atoms with E-state index >= 15 is 0 Å². The van der Waals surface area contributed by atoms with Crippen LogP contribution in [0.5, 0.6) is 0 Å². The molecule has 0 spiro atoms. The summed E-state index contributed by atoms with van der Waals surface area (Å²) in [7, 11) is -4.64. The molecule has 0 saturated carbocycles. The first-order valence-corrected chi connectivity index (χ1v) is 7.80. The lowest BCUT2D eigenvalue weighted by Gasteiger charge is -1.82. The summed E-state index contributed by atoms with van der Waals surface area (Å²) >= 11 is 0. The summed E-state index contributed by atoms with van der Waals surface area (Å²) in [5, 5.41) is 20.4. The molecule has 23 heavy (non-hydrogen) atoms. The highest BCUT2D eigenvalue weighted by Crippen LogP contribution is 2.25. The molecular weight excluding hydrogens is 323 g/mol. The van der Waals surface area contributed by atoms with Gasteiger partial charge in [-0.1, -0.05) is 34.7 Å². The van der Waals surface area contributed by atoms with E-state index in [1.165, 1.54) is 0 Å². The standard InChI is InChI=1S/2C6H5N3.H3O4P/c2*1-2-4-6-5(3-1)7-9-8-6;1-5(2,3)4/h2*1-4H,(H,7,8,9);(H3,1,2,3,4). The second-order valence-corrected chi connectivity index (χ2v) is 5.20. The summed E-state index contributed by atoms with van der Waals surface area (Å²) in [4.78, 5) is 21.6. The fourth-order valence-corrected chi connectivity index (χ4v) is 1.58. The van der Waals surface area contributed by atoms with Gasteiger partial charge in [0.25, 0.3) is 0 Å². The predicted molar refractivity (Wildman–Crippen MR) is 82.0 cm³/mol. The molecule has 0 radical (unpaired) electrons. The minimum Gasteiger partial charge on any atom is -0.303 e.